The van der Waals surface area contributed by atoms with E-state index in [9.17, 15) is 0 Å². The lowest BCUT2D eigenvalue weighted by Gasteiger charge is -2.30. The molecule has 0 atom stereocenters. The van der Waals surface area contributed by atoms with E-state index in [0.29, 0.717) is 11.5 Å². The lowest BCUT2D eigenvalue weighted by atomic mass is 10.1. The minimum atomic E-state index is 0.669. The summed E-state index contributed by atoms with van der Waals surface area (Å²) < 4.78 is 16.5. The molecule has 2 aromatic carbocycles. The van der Waals surface area contributed by atoms with E-state index < -0.39 is 0 Å². The van der Waals surface area contributed by atoms with Crippen LogP contribution in [0.1, 0.15) is 11.1 Å². The Labute approximate surface area is 166 Å². The Balaban J connectivity index is 1.61. The molecule has 1 heterocycles. The Morgan fingerprint density at radius 1 is 0.815 bits per heavy atom. The largest absolute Gasteiger partial charge is 0.493 e. The average molecular weight is 393 g/mol. The van der Waals surface area contributed by atoms with E-state index in [4.69, 9.17) is 25.8 Å². The number of hydrogen-bond acceptors (Lipinski definition) is 3. The molecule has 0 aromatic heterocycles. The second kappa shape index (κ2) is 9.31. The van der Waals surface area contributed by atoms with Gasteiger partial charge in [0.25, 0.3) is 0 Å². The van der Waals surface area contributed by atoms with E-state index in [1.54, 1.807) is 31.1 Å². The SMILES string of the molecule is COc1ccc(C[NH+]2CC[NH+](Cc3cccc(Cl)c3)CC2)c(OC)c1OC. The first-order chi connectivity index (χ1) is 13.1. The Bertz CT molecular complexity index is 761. The molecule has 0 unspecified atom stereocenters. The van der Waals surface area contributed by atoms with Gasteiger partial charge < -0.3 is 24.0 Å². The van der Waals surface area contributed by atoms with Gasteiger partial charge in [0.2, 0.25) is 5.75 Å². The first-order valence-electron chi connectivity index (χ1n) is 9.34. The number of halogens is 1. The topological polar surface area (TPSA) is 36.6 Å². The molecule has 6 heteroatoms. The number of hydrogen-bond donors (Lipinski definition) is 2. The molecule has 2 N–H and O–H groups in total. The van der Waals surface area contributed by atoms with Crippen LogP contribution in [0.15, 0.2) is 36.4 Å². The first-order valence-corrected chi connectivity index (χ1v) is 9.71. The summed E-state index contributed by atoms with van der Waals surface area (Å²) in [6.45, 7) is 6.52. The molecule has 3 rings (SSSR count). The number of quaternary nitrogens is 2. The Hall–Kier alpha value is -1.95. The van der Waals surface area contributed by atoms with Crippen molar-refractivity contribution in [2.24, 2.45) is 0 Å². The van der Waals surface area contributed by atoms with Gasteiger partial charge in [-0.25, -0.2) is 0 Å². The van der Waals surface area contributed by atoms with Crippen LogP contribution in [0, 0.1) is 0 Å². The number of methoxy groups -OCH3 is 3. The third-order valence-electron chi connectivity index (χ3n) is 5.23. The Morgan fingerprint density at radius 3 is 2.07 bits per heavy atom. The number of ether oxygens (including phenoxy) is 3. The van der Waals surface area contributed by atoms with Crippen molar-refractivity contribution in [3.63, 3.8) is 0 Å². The van der Waals surface area contributed by atoms with Crippen LogP contribution in [-0.2, 0) is 13.1 Å². The van der Waals surface area contributed by atoms with Crippen LogP contribution in [0.3, 0.4) is 0 Å². The highest BCUT2D eigenvalue weighted by Crippen LogP contribution is 2.39. The zero-order valence-corrected chi connectivity index (χ0v) is 17.1. The van der Waals surface area contributed by atoms with Gasteiger partial charge in [0.15, 0.2) is 11.5 Å². The fourth-order valence-corrected chi connectivity index (χ4v) is 4.03. The fourth-order valence-electron chi connectivity index (χ4n) is 3.82. The predicted molar refractivity (Wildman–Crippen MR) is 106 cm³/mol. The van der Waals surface area contributed by atoms with Gasteiger partial charge in [-0.05, 0) is 24.3 Å². The minimum Gasteiger partial charge on any atom is -0.493 e. The summed E-state index contributed by atoms with van der Waals surface area (Å²) in [6.07, 6.45) is 0. The second-order valence-electron chi connectivity index (χ2n) is 6.98. The van der Waals surface area contributed by atoms with Crippen molar-refractivity contribution in [2.45, 2.75) is 13.1 Å². The number of benzene rings is 2. The molecule has 0 bridgehead atoms. The third kappa shape index (κ3) is 4.86. The molecule has 1 aliphatic heterocycles. The van der Waals surface area contributed by atoms with Crippen LogP contribution < -0.4 is 24.0 Å². The Morgan fingerprint density at radius 2 is 1.48 bits per heavy atom. The normalized spacial score (nSPS) is 19.6. The molecular formula is C21H29ClN2O3+2. The maximum atomic E-state index is 6.11. The molecule has 0 radical (unpaired) electrons. The quantitative estimate of drug-likeness (QED) is 0.733. The monoisotopic (exact) mass is 392 g/mol. The lowest BCUT2D eigenvalue weighted by molar-refractivity contribution is -1.02. The highest BCUT2D eigenvalue weighted by atomic mass is 35.5. The summed E-state index contributed by atoms with van der Waals surface area (Å²) in [6, 6.07) is 12.2. The van der Waals surface area contributed by atoms with Crippen LogP contribution in [0.2, 0.25) is 5.02 Å². The highest BCUT2D eigenvalue weighted by molar-refractivity contribution is 6.30. The standard InChI is InChI=1S/C21H27ClN2O3/c1-25-19-8-7-17(20(26-2)21(19)27-3)15-24-11-9-23(10-12-24)14-16-5-4-6-18(22)13-16/h4-8,13H,9-12,14-15H2,1-3H3/p+2. The molecule has 2 aromatic rings. The van der Waals surface area contributed by atoms with Crippen molar-refractivity contribution < 1.29 is 24.0 Å². The van der Waals surface area contributed by atoms with E-state index in [1.807, 2.05) is 18.2 Å². The van der Waals surface area contributed by atoms with Gasteiger partial charge in [-0.15, -0.1) is 0 Å². The molecule has 27 heavy (non-hydrogen) atoms. The first kappa shape index (κ1) is 19.8. The van der Waals surface area contributed by atoms with E-state index in [1.165, 1.54) is 5.56 Å². The molecule has 5 nitrogen and oxygen atoms in total. The summed E-state index contributed by atoms with van der Waals surface area (Å²) in [5.41, 5.74) is 2.46. The second-order valence-corrected chi connectivity index (χ2v) is 7.41. The van der Waals surface area contributed by atoms with Crippen molar-refractivity contribution in [1.82, 2.24) is 0 Å². The van der Waals surface area contributed by atoms with E-state index in [0.717, 1.165) is 55.6 Å². The zero-order chi connectivity index (χ0) is 19.2. The van der Waals surface area contributed by atoms with Crippen LogP contribution >= 0.6 is 11.6 Å². The van der Waals surface area contributed by atoms with Gasteiger partial charge in [-0.1, -0.05) is 23.7 Å². The van der Waals surface area contributed by atoms with Crippen molar-refractivity contribution in [1.29, 1.82) is 0 Å². The van der Waals surface area contributed by atoms with Crippen molar-refractivity contribution >= 4 is 11.6 Å². The molecule has 0 saturated carbocycles. The number of piperazine rings is 1. The van der Waals surface area contributed by atoms with E-state index in [2.05, 4.69) is 18.2 Å². The average Bonchev–Trinajstić information content (AvgIpc) is 2.69. The van der Waals surface area contributed by atoms with Crippen molar-refractivity contribution in [3.8, 4) is 17.2 Å². The van der Waals surface area contributed by atoms with Gasteiger partial charge in [-0.3, -0.25) is 0 Å². The summed E-state index contributed by atoms with van der Waals surface area (Å²) in [4.78, 5) is 3.18. The molecule has 0 spiro atoms. The van der Waals surface area contributed by atoms with Crippen molar-refractivity contribution in [3.05, 3.63) is 52.5 Å². The molecule has 0 amide bonds. The maximum Gasteiger partial charge on any atom is 0.203 e. The van der Waals surface area contributed by atoms with Gasteiger partial charge >= 0.3 is 0 Å². The highest BCUT2D eigenvalue weighted by Gasteiger charge is 2.25. The number of rotatable bonds is 7. The Kier molecular flexibility index (Phi) is 6.83. The van der Waals surface area contributed by atoms with Crippen LogP contribution in [0.4, 0.5) is 0 Å². The summed E-state index contributed by atoms with van der Waals surface area (Å²) in [5.74, 6) is 2.14. The number of nitrogens with one attached hydrogen (secondary N) is 2. The molecule has 0 aliphatic carbocycles. The molecule has 1 aliphatic rings. The summed E-state index contributed by atoms with van der Waals surface area (Å²) >= 11 is 6.11. The van der Waals surface area contributed by atoms with Crippen LogP contribution in [0.5, 0.6) is 17.2 Å². The van der Waals surface area contributed by atoms with E-state index >= 15 is 0 Å². The van der Waals surface area contributed by atoms with Gasteiger partial charge in [0.1, 0.15) is 39.3 Å². The van der Waals surface area contributed by atoms with Crippen LogP contribution in [-0.4, -0.2) is 47.5 Å². The van der Waals surface area contributed by atoms with Gasteiger partial charge in [0, 0.05) is 10.6 Å². The molecule has 146 valence electrons. The molecule has 1 saturated heterocycles. The fraction of sp³-hybridized carbons (Fsp3) is 0.429. The third-order valence-corrected chi connectivity index (χ3v) is 5.47. The summed E-state index contributed by atoms with van der Waals surface area (Å²) in [5, 5.41) is 0.816. The minimum absolute atomic E-state index is 0.669. The van der Waals surface area contributed by atoms with Gasteiger partial charge in [-0.2, -0.15) is 0 Å². The van der Waals surface area contributed by atoms with Crippen LogP contribution in [0.25, 0.3) is 0 Å². The smallest absolute Gasteiger partial charge is 0.203 e. The summed E-state index contributed by atoms with van der Waals surface area (Å²) in [7, 11) is 4.97. The lowest BCUT2D eigenvalue weighted by Crippen LogP contribution is -3.27. The predicted octanol–water partition coefficient (Wildman–Crippen LogP) is 0.849. The van der Waals surface area contributed by atoms with Gasteiger partial charge in [0.05, 0.1) is 26.9 Å². The zero-order valence-electron chi connectivity index (χ0n) is 16.3. The van der Waals surface area contributed by atoms with Crippen molar-refractivity contribution in [2.75, 3.05) is 47.5 Å². The molecule has 1 fully saturated rings. The molecular weight excluding hydrogens is 364 g/mol. The maximum absolute atomic E-state index is 6.11. The van der Waals surface area contributed by atoms with E-state index in [-0.39, 0.29) is 0 Å².